The van der Waals surface area contributed by atoms with Gasteiger partial charge in [0, 0.05) is 31.6 Å². The van der Waals surface area contributed by atoms with Crippen LogP contribution < -0.4 is 0 Å². The minimum atomic E-state index is -0.386. The van der Waals surface area contributed by atoms with Crippen LogP contribution in [0.2, 0.25) is 0 Å². The summed E-state index contributed by atoms with van der Waals surface area (Å²) < 4.78 is 16.0. The maximum absolute atomic E-state index is 14.0. The molecule has 0 fully saturated rings. The second-order valence-electron chi connectivity index (χ2n) is 6.57. The number of halogens is 1. The van der Waals surface area contributed by atoms with Crippen molar-refractivity contribution in [1.29, 1.82) is 5.26 Å². The molecule has 3 aromatic heterocycles. The zero-order chi connectivity index (χ0) is 18.8. The van der Waals surface area contributed by atoms with E-state index >= 15 is 0 Å². The molecule has 1 N–H and O–H groups in total. The molecule has 3 heterocycles. The summed E-state index contributed by atoms with van der Waals surface area (Å²) in [6.07, 6.45) is 5.77. The van der Waals surface area contributed by atoms with Crippen LogP contribution in [0, 0.1) is 23.1 Å². The molecule has 0 aliphatic heterocycles. The molecule has 1 aromatic carbocycles. The van der Waals surface area contributed by atoms with Crippen molar-refractivity contribution < 1.29 is 4.39 Å². The number of hydrogen-bond acceptors (Lipinski definition) is 4. The zero-order valence-electron chi connectivity index (χ0n) is 14.7. The van der Waals surface area contributed by atoms with Gasteiger partial charge < -0.3 is 9.55 Å². The molecule has 27 heavy (non-hydrogen) atoms. The maximum Gasteiger partial charge on any atom is 0.161 e. The SMILES string of the molecule is CC(Cc1nc2ccc(C#N)cc2[nH]1)Cn1ccnc1-c1ncccc1F. The first-order valence-corrected chi connectivity index (χ1v) is 8.65. The van der Waals surface area contributed by atoms with E-state index in [1.54, 1.807) is 30.6 Å². The number of aromatic nitrogens is 5. The topological polar surface area (TPSA) is 83.2 Å². The number of fused-ring (bicyclic) bond motifs is 1. The minimum absolute atomic E-state index is 0.237. The third kappa shape index (κ3) is 3.42. The number of rotatable bonds is 5. The third-order valence-electron chi connectivity index (χ3n) is 4.40. The van der Waals surface area contributed by atoms with Crippen molar-refractivity contribution in [3.63, 3.8) is 0 Å². The Bertz CT molecular complexity index is 1140. The smallest absolute Gasteiger partial charge is 0.161 e. The molecule has 0 radical (unpaired) electrons. The summed E-state index contributed by atoms with van der Waals surface area (Å²) in [5.41, 5.74) is 2.55. The van der Waals surface area contributed by atoms with E-state index in [-0.39, 0.29) is 17.4 Å². The van der Waals surface area contributed by atoms with Gasteiger partial charge in [0.15, 0.2) is 11.6 Å². The standard InChI is InChI=1S/C20H17FN6/c1-13(9-18-25-16-5-4-14(11-22)10-17(16)26-18)12-27-8-7-24-20(27)19-15(21)3-2-6-23-19/h2-8,10,13H,9,12H2,1H3,(H,25,26). The van der Waals surface area contributed by atoms with Crippen molar-refractivity contribution in [1.82, 2.24) is 24.5 Å². The zero-order valence-corrected chi connectivity index (χ0v) is 14.7. The summed E-state index contributed by atoms with van der Waals surface area (Å²) in [6.45, 7) is 2.76. The van der Waals surface area contributed by atoms with Crippen LogP contribution in [0.15, 0.2) is 48.9 Å². The third-order valence-corrected chi connectivity index (χ3v) is 4.40. The van der Waals surface area contributed by atoms with Gasteiger partial charge in [-0.1, -0.05) is 6.92 Å². The lowest BCUT2D eigenvalue weighted by Crippen LogP contribution is -2.12. The van der Waals surface area contributed by atoms with Crippen molar-refractivity contribution in [3.05, 3.63) is 66.1 Å². The van der Waals surface area contributed by atoms with Crippen molar-refractivity contribution in [3.8, 4) is 17.6 Å². The Morgan fingerprint density at radius 1 is 1.26 bits per heavy atom. The van der Waals surface area contributed by atoms with Gasteiger partial charge in [0.1, 0.15) is 11.5 Å². The molecular formula is C20H17FN6. The second kappa shape index (κ2) is 7.00. The van der Waals surface area contributed by atoms with Gasteiger partial charge in [-0.15, -0.1) is 0 Å². The van der Waals surface area contributed by atoms with E-state index in [1.807, 2.05) is 16.8 Å². The molecule has 0 aliphatic carbocycles. The van der Waals surface area contributed by atoms with Crippen LogP contribution >= 0.6 is 0 Å². The van der Waals surface area contributed by atoms with Gasteiger partial charge in [-0.05, 0) is 36.2 Å². The van der Waals surface area contributed by atoms with Gasteiger partial charge in [-0.3, -0.25) is 0 Å². The maximum atomic E-state index is 14.0. The number of imidazole rings is 2. The first-order chi connectivity index (χ1) is 13.1. The molecule has 0 aliphatic rings. The monoisotopic (exact) mass is 360 g/mol. The number of hydrogen-bond donors (Lipinski definition) is 1. The second-order valence-corrected chi connectivity index (χ2v) is 6.57. The van der Waals surface area contributed by atoms with Gasteiger partial charge in [-0.2, -0.15) is 5.26 Å². The van der Waals surface area contributed by atoms with Gasteiger partial charge in [0.05, 0.1) is 22.7 Å². The number of nitrogens with one attached hydrogen (secondary N) is 1. The van der Waals surface area contributed by atoms with Crippen LogP contribution in [0.1, 0.15) is 18.3 Å². The lowest BCUT2D eigenvalue weighted by molar-refractivity contribution is 0.473. The molecule has 0 amide bonds. The molecule has 4 rings (SSSR count). The minimum Gasteiger partial charge on any atom is -0.342 e. The lowest BCUT2D eigenvalue weighted by atomic mass is 10.1. The summed E-state index contributed by atoms with van der Waals surface area (Å²) in [7, 11) is 0. The van der Waals surface area contributed by atoms with Crippen LogP contribution in [-0.2, 0) is 13.0 Å². The van der Waals surface area contributed by atoms with Crippen LogP contribution in [-0.4, -0.2) is 24.5 Å². The molecule has 0 saturated carbocycles. The summed E-state index contributed by atoms with van der Waals surface area (Å²) >= 11 is 0. The van der Waals surface area contributed by atoms with Crippen molar-refractivity contribution in [2.45, 2.75) is 19.9 Å². The van der Waals surface area contributed by atoms with Crippen molar-refractivity contribution in [2.75, 3.05) is 0 Å². The largest absolute Gasteiger partial charge is 0.342 e. The highest BCUT2D eigenvalue weighted by Gasteiger charge is 2.15. The number of pyridine rings is 1. The van der Waals surface area contributed by atoms with E-state index in [4.69, 9.17) is 5.26 Å². The lowest BCUT2D eigenvalue weighted by Gasteiger charge is -2.13. The summed E-state index contributed by atoms with van der Waals surface area (Å²) in [5.74, 6) is 1.23. The molecule has 6 nitrogen and oxygen atoms in total. The Morgan fingerprint density at radius 2 is 2.15 bits per heavy atom. The number of nitriles is 1. The van der Waals surface area contributed by atoms with E-state index in [2.05, 4.69) is 32.9 Å². The normalized spacial score (nSPS) is 12.2. The summed E-state index contributed by atoms with van der Waals surface area (Å²) in [5, 5.41) is 9.01. The fourth-order valence-corrected chi connectivity index (χ4v) is 3.18. The molecule has 0 bridgehead atoms. The van der Waals surface area contributed by atoms with E-state index in [0.717, 1.165) is 23.3 Å². The number of aromatic amines is 1. The quantitative estimate of drug-likeness (QED) is 0.588. The van der Waals surface area contributed by atoms with E-state index < -0.39 is 0 Å². The highest BCUT2D eigenvalue weighted by molar-refractivity contribution is 5.76. The fraction of sp³-hybridized carbons (Fsp3) is 0.200. The predicted molar refractivity (Wildman–Crippen MR) is 99.1 cm³/mol. The summed E-state index contributed by atoms with van der Waals surface area (Å²) in [4.78, 5) is 16.2. The number of nitrogens with zero attached hydrogens (tertiary/aromatic N) is 5. The van der Waals surface area contributed by atoms with Gasteiger partial charge in [-0.25, -0.2) is 19.3 Å². The molecule has 7 heteroatoms. The molecular weight excluding hydrogens is 343 g/mol. The molecule has 0 spiro atoms. The summed E-state index contributed by atoms with van der Waals surface area (Å²) in [6, 6.07) is 10.5. The van der Waals surface area contributed by atoms with Crippen molar-refractivity contribution in [2.24, 2.45) is 5.92 Å². The predicted octanol–water partition coefficient (Wildman–Crippen LogP) is 3.71. The Balaban J connectivity index is 1.52. The number of benzene rings is 1. The van der Waals surface area contributed by atoms with Crippen LogP contribution in [0.3, 0.4) is 0 Å². The van der Waals surface area contributed by atoms with Gasteiger partial charge in [0.25, 0.3) is 0 Å². The van der Waals surface area contributed by atoms with Crippen LogP contribution in [0.25, 0.3) is 22.6 Å². The van der Waals surface area contributed by atoms with Crippen LogP contribution in [0.4, 0.5) is 4.39 Å². The average Bonchev–Trinajstić information content (AvgIpc) is 3.27. The number of H-pyrrole nitrogens is 1. The van der Waals surface area contributed by atoms with Crippen LogP contribution in [0.5, 0.6) is 0 Å². The Hall–Kier alpha value is -3.53. The average molecular weight is 360 g/mol. The molecule has 4 aromatic rings. The highest BCUT2D eigenvalue weighted by Crippen LogP contribution is 2.21. The van der Waals surface area contributed by atoms with Gasteiger partial charge >= 0.3 is 0 Å². The highest BCUT2D eigenvalue weighted by atomic mass is 19.1. The first-order valence-electron chi connectivity index (χ1n) is 8.65. The molecule has 1 unspecified atom stereocenters. The molecule has 0 saturated heterocycles. The Labute approximate surface area is 155 Å². The first kappa shape index (κ1) is 16.9. The molecule has 134 valence electrons. The fourth-order valence-electron chi connectivity index (χ4n) is 3.18. The van der Waals surface area contributed by atoms with Gasteiger partial charge in [0.2, 0.25) is 0 Å². The van der Waals surface area contributed by atoms with E-state index in [0.29, 0.717) is 17.9 Å². The Morgan fingerprint density at radius 3 is 2.96 bits per heavy atom. The molecule has 1 atom stereocenters. The van der Waals surface area contributed by atoms with E-state index in [1.165, 1.54) is 6.07 Å². The van der Waals surface area contributed by atoms with E-state index in [9.17, 15) is 4.39 Å². The van der Waals surface area contributed by atoms with Crippen molar-refractivity contribution >= 4 is 11.0 Å². The Kier molecular flexibility index (Phi) is 4.38.